The van der Waals surface area contributed by atoms with E-state index < -0.39 is 0 Å². The lowest BCUT2D eigenvalue weighted by molar-refractivity contribution is 0.257. The van der Waals surface area contributed by atoms with Crippen LogP contribution in [-0.4, -0.2) is 11.3 Å². The molecule has 0 aromatic heterocycles. The summed E-state index contributed by atoms with van der Waals surface area (Å²) < 4.78 is 0. The highest BCUT2D eigenvalue weighted by molar-refractivity contribution is 8.13. The maximum atomic E-state index is 12.0. The van der Waals surface area contributed by atoms with Crippen LogP contribution in [0.2, 0.25) is 0 Å². The zero-order valence-electron chi connectivity index (χ0n) is 11.3. The van der Waals surface area contributed by atoms with E-state index in [1.54, 1.807) is 0 Å². The number of carbonyl (C=O) groups excluding carboxylic acids is 1. The van der Waals surface area contributed by atoms with E-state index in [-0.39, 0.29) is 11.3 Å². The smallest absolute Gasteiger partial charge is 0.284 e. The van der Waals surface area contributed by atoms with Crippen LogP contribution in [0.4, 0.5) is 4.79 Å². The monoisotopic (exact) mass is 273 g/mol. The van der Waals surface area contributed by atoms with Gasteiger partial charge >= 0.3 is 0 Å². The van der Waals surface area contributed by atoms with Gasteiger partial charge in [-0.05, 0) is 41.9 Å². The Morgan fingerprint density at radius 1 is 1.21 bits per heavy atom. The fourth-order valence-corrected chi connectivity index (χ4v) is 3.02. The quantitative estimate of drug-likeness (QED) is 0.808. The molecular formula is C16H19NOS. The van der Waals surface area contributed by atoms with Gasteiger partial charge in [-0.15, -0.1) is 0 Å². The van der Waals surface area contributed by atoms with E-state index in [1.807, 2.05) is 31.2 Å². The number of carbonyl (C=O) groups is 1. The Bertz CT molecular complexity index is 562. The standard InChI is InChI=1S/C16H19NOS/c1-3-7-12(2)17-16(18)19-15-11-6-9-13-8-4-5-10-14(13)15/h4-6,8-12H,3,7H2,1-2H3,(H,17,18). The van der Waals surface area contributed by atoms with E-state index >= 15 is 0 Å². The van der Waals surface area contributed by atoms with Gasteiger partial charge in [0, 0.05) is 10.9 Å². The van der Waals surface area contributed by atoms with Crippen molar-refractivity contribution in [2.45, 2.75) is 37.6 Å². The Morgan fingerprint density at radius 3 is 2.74 bits per heavy atom. The van der Waals surface area contributed by atoms with E-state index in [9.17, 15) is 4.79 Å². The van der Waals surface area contributed by atoms with Crippen LogP contribution in [0.5, 0.6) is 0 Å². The highest BCUT2D eigenvalue weighted by Crippen LogP contribution is 2.28. The van der Waals surface area contributed by atoms with E-state index in [2.05, 4.69) is 30.4 Å². The van der Waals surface area contributed by atoms with Crippen LogP contribution in [0.1, 0.15) is 26.7 Å². The first-order valence-corrected chi connectivity index (χ1v) is 7.48. The predicted molar refractivity (Wildman–Crippen MR) is 82.7 cm³/mol. The first-order valence-electron chi connectivity index (χ1n) is 6.67. The molecule has 0 aliphatic rings. The number of rotatable bonds is 4. The second-order valence-corrected chi connectivity index (χ2v) is 5.72. The average molecular weight is 273 g/mol. The van der Waals surface area contributed by atoms with Crippen LogP contribution in [0.15, 0.2) is 47.4 Å². The van der Waals surface area contributed by atoms with E-state index in [0.717, 1.165) is 23.1 Å². The summed E-state index contributed by atoms with van der Waals surface area (Å²) in [4.78, 5) is 13.0. The number of hydrogen-bond acceptors (Lipinski definition) is 2. The molecule has 0 heterocycles. The van der Waals surface area contributed by atoms with Crippen LogP contribution < -0.4 is 5.32 Å². The van der Waals surface area contributed by atoms with Crippen molar-refractivity contribution in [3.8, 4) is 0 Å². The maximum Gasteiger partial charge on any atom is 0.284 e. The molecule has 0 aliphatic heterocycles. The van der Waals surface area contributed by atoms with Crippen molar-refractivity contribution in [1.82, 2.24) is 5.32 Å². The maximum absolute atomic E-state index is 12.0. The minimum Gasteiger partial charge on any atom is -0.344 e. The SMILES string of the molecule is CCCC(C)NC(=O)Sc1cccc2ccccc12. The average Bonchev–Trinajstić information content (AvgIpc) is 2.39. The summed E-state index contributed by atoms with van der Waals surface area (Å²) in [6.45, 7) is 4.17. The fraction of sp³-hybridized carbons (Fsp3) is 0.312. The lowest BCUT2D eigenvalue weighted by atomic mass is 10.1. The molecule has 1 N–H and O–H groups in total. The number of nitrogens with one attached hydrogen (secondary N) is 1. The molecule has 0 bridgehead atoms. The lowest BCUT2D eigenvalue weighted by Crippen LogP contribution is -2.29. The highest BCUT2D eigenvalue weighted by atomic mass is 32.2. The van der Waals surface area contributed by atoms with Gasteiger partial charge in [0.2, 0.25) is 0 Å². The molecule has 0 fully saturated rings. The minimum absolute atomic E-state index is 0.0253. The molecule has 100 valence electrons. The molecule has 19 heavy (non-hydrogen) atoms. The van der Waals surface area contributed by atoms with Crippen molar-refractivity contribution in [3.05, 3.63) is 42.5 Å². The molecule has 1 unspecified atom stereocenters. The molecule has 2 aromatic carbocycles. The summed E-state index contributed by atoms with van der Waals surface area (Å²) in [6, 6.07) is 14.4. The van der Waals surface area contributed by atoms with Crippen LogP contribution in [0.3, 0.4) is 0 Å². The summed E-state index contributed by atoms with van der Waals surface area (Å²) in [5, 5.41) is 5.34. The molecule has 3 heteroatoms. The Morgan fingerprint density at radius 2 is 1.95 bits per heavy atom. The second kappa shape index (κ2) is 6.62. The molecule has 2 nitrogen and oxygen atoms in total. The van der Waals surface area contributed by atoms with Gasteiger partial charge in [0.05, 0.1) is 0 Å². The summed E-state index contributed by atoms with van der Waals surface area (Å²) in [7, 11) is 0. The first-order chi connectivity index (χ1) is 9.20. The van der Waals surface area contributed by atoms with Gasteiger partial charge < -0.3 is 5.32 Å². The van der Waals surface area contributed by atoms with Crippen molar-refractivity contribution in [3.63, 3.8) is 0 Å². The Kier molecular flexibility index (Phi) is 4.86. The van der Waals surface area contributed by atoms with Crippen LogP contribution in [-0.2, 0) is 0 Å². The third-order valence-electron chi connectivity index (χ3n) is 3.04. The topological polar surface area (TPSA) is 29.1 Å². The van der Waals surface area contributed by atoms with Crippen molar-refractivity contribution < 1.29 is 4.79 Å². The van der Waals surface area contributed by atoms with Crippen molar-refractivity contribution in [2.75, 3.05) is 0 Å². The largest absolute Gasteiger partial charge is 0.344 e. The molecule has 0 saturated heterocycles. The summed E-state index contributed by atoms with van der Waals surface area (Å²) >= 11 is 1.28. The zero-order valence-corrected chi connectivity index (χ0v) is 12.2. The Balaban J connectivity index is 2.11. The zero-order chi connectivity index (χ0) is 13.7. The fourth-order valence-electron chi connectivity index (χ4n) is 2.12. The van der Waals surface area contributed by atoms with Gasteiger partial charge in [-0.2, -0.15) is 0 Å². The number of amides is 1. The van der Waals surface area contributed by atoms with Gasteiger partial charge in [-0.1, -0.05) is 49.7 Å². The third-order valence-corrected chi connectivity index (χ3v) is 3.92. The predicted octanol–water partition coefficient (Wildman–Crippen LogP) is 4.83. The Labute approximate surface area is 118 Å². The number of benzene rings is 2. The first kappa shape index (κ1) is 13.9. The minimum atomic E-state index is 0.0253. The molecule has 1 atom stereocenters. The van der Waals surface area contributed by atoms with E-state index in [4.69, 9.17) is 0 Å². The normalized spacial score (nSPS) is 12.3. The van der Waals surface area contributed by atoms with Gasteiger partial charge in [0.1, 0.15) is 0 Å². The Hall–Kier alpha value is -1.48. The van der Waals surface area contributed by atoms with Crippen molar-refractivity contribution >= 4 is 27.8 Å². The highest BCUT2D eigenvalue weighted by Gasteiger charge is 2.10. The summed E-state index contributed by atoms with van der Waals surface area (Å²) in [5.74, 6) is 0. The van der Waals surface area contributed by atoms with Crippen LogP contribution in [0, 0.1) is 0 Å². The molecule has 0 aliphatic carbocycles. The van der Waals surface area contributed by atoms with E-state index in [1.165, 1.54) is 17.1 Å². The molecule has 2 rings (SSSR count). The van der Waals surface area contributed by atoms with Crippen LogP contribution >= 0.6 is 11.8 Å². The molecular weight excluding hydrogens is 254 g/mol. The summed E-state index contributed by atoms with van der Waals surface area (Å²) in [6.07, 6.45) is 2.10. The molecule has 0 spiro atoms. The molecule has 1 amide bonds. The van der Waals surface area contributed by atoms with Crippen molar-refractivity contribution in [1.29, 1.82) is 0 Å². The van der Waals surface area contributed by atoms with Gasteiger partial charge in [-0.3, -0.25) is 4.79 Å². The van der Waals surface area contributed by atoms with E-state index in [0.29, 0.717) is 0 Å². The summed E-state index contributed by atoms with van der Waals surface area (Å²) in [5.41, 5.74) is 0. The van der Waals surface area contributed by atoms with Gasteiger partial charge in [0.15, 0.2) is 0 Å². The molecule has 0 saturated carbocycles. The molecule has 2 aromatic rings. The number of hydrogen-bond donors (Lipinski definition) is 1. The van der Waals surface area contributed by atoms with Crippen LogP contribution in [0.25, 0.3) is 10.8 Å². The molecule has 0 radical (unpaired) electrons. The van der Waals surface area contributed by atoms with Crippen molar-refractivity contribution in [2.24, 2.45) is 0 Å². The number of fused-ring (bicyclic) bond motifs is 1. The van der Waals surface area contributed by atoms with Gasteiger partial charge in [-0.25, -0.2) is 0 Å². The second-order valence-electron chi connectivity index (χ2n) is 4.70. The van der Waals surface area contributed by atoms with Gasteiger partial charge in [0.25, 0.3) is 5.24 Å². The lowest BCUT2D eigenvalue weighted by Gasteiger charge is -2.12. The third kappa shape index (κ3) is 3.74. The number of thioether (sulfide) groups is 1.